The van der Waals surface area contributed by atoms with Gasteiger partial charge in [0.05, 0.1) is 0 Å². The Kier molecular flexibility index (Phi) is 5.21. The summed E-state index contributed by atoms with van der Waals surface area (Å²) >= 11 is 0. The number of ether oxygens (including phenoxy) is 1. The number of carbonyl (C=O) groups is 1. The van der Waals surface area contributed by atoms with Crippen molar-refractivity contribution in [1.82, 2.24) is 0 Å². The Balaban J connectivity index is 2.58. The second kappa shape index (κ2) is 6.80. The van der Waals surface area contributed by atoms with E-state index in [1.807, 2.05) is 30.3 Å². The maximum absolute atomic E-state index is 10.2. The fourth-order valence-corrected chi connectivity index (χ4v) is 1.15. The van der Waals surface area contributed by atoms with Crippen molar-refractivity contribution in [3.8, 4) is 11.8 Å². The molecule has 0 aliphatic rings. The molecule has 1 unspecified atom stereocenters. The van der Waals surface area contributed by atoms with Gasteiger partial charge in [-0.05, 0) is 18.6 Å². The first kappa shape index (κ1) is 11.5. The quantitative estimate of drug-likeness (QED) is 0.551. The van der Waals surface area contributed by atoms with E-state index in [1.54, 1.807) is 7.11 Å². The lowest BCUT2D eigenvalue weighted by Gasteiger charge is -2.04. The van der Waals surface area contributed by atoms with Crippen molar-refractivity contribution in [3.05, 3.63) is 35.9 Å². The summed E-state index contributed by atoms with van der Waals surface area (Å²) in [6.45, 7) is 0. The summed E-state index contributed by atoms with van der Waals surface area (Å²) in [7, 11) is 1.61. The fraction of sp³-hybridized carbons (Fsp3) is 0.308. The van der Waals surface area contributed by atoms with Crippen LogP contribution < -0.4 is 0 Å². The first-order valence-corrected chi connectivity index (χ1v) is 4.90. The lowest BCUT2D eigenvalue weighted by Crippen LogP contribution is -2.07. The zero-order valence-corrected chi connectivity index (χ0v) is 8.77. The molecular formula is C13H14O2. The van der Waals surface area contributed by atoms with Gasteiger partial charge in [0.25, 0.3) is 0 Å². The van der Waals surface area contributed by atoms with E-state index in [4.69, 9.17) is 4.74 Å². The first-order valence-electron chi connectivity index (χ1n) is 4.90. The van der Waals surface area contributed by atoms with Crippen molar-refractivity contribution >= 4 is 6.29 Å². The smallest absolute Gasteiger partial charge is 0.120 e. The molecule has 0 saturated heterocycles. The van der Waals surface area contributed by atoms with Crippen LogP contribution in [-0.2, 0) is 9.53 Å². The minimum absolute atomic E-state index is 0.157. The molecule has 15 heavy (non-hydrogen) atoms. The molecule has 0 spiro atoms. The predicted octanol–water partition coefficient (Wildman–Crippen LogP) is 2.03. The summed E-state index contributed by atoms with van der Waals surface area (Å²) < 4.78 is 5.14. The average molecular weight is 202 g/mol. The number of rotatable bonds is 4. The van der Waals surface area contributed by atoms with Crippen LogP contribution in [0, 0.1) is 11.8 Å². The van der Waals surface area contributed by atoms with Crippen molar-refractivity contribution < 1.29 is 9.53 Å². The summed E-state index contributed by atoms with van der Waals surface area (Å²) in [4.78, 5) is 10.2. The Hall–Kier alpha value is -1.59. The Morgan fingerprint density at radius 2 is 2.13 bits per heavy atom. The van der Waals surface area contributed by atoms with E-state index in [0.717, 1.165) is 11.8 Å². The van der Waals surface area contributed by atoms with Crippen molar-refractivity contribution in [2.75, 3.05) is 7.11 Å². The number of aldehydes is 1. The average Bonchev–Trinajstić information content (AvgIpc) is 2.31. The van der Waals surface area contributed by atoms with Gasteiger partial charge in [0.15, 0.2) is 0 Å². The van der Waals surface area contributed by atoms with Crippen molar-refractivity contribution in [2.24, 2.45) is 0 Å². The van der Waals surface area contributed by atoms with E-state index < -0.39 is 0 Å². The van der Waals surface area contributed by atoms with E-state index in [-0.39, 0.29) is 6.10 Å². The monoisotopic (exact) mass is 202 g/mol. The Morgan fingerprint density at radius 3 is 2.73 bits per heavy atom. The third-order valence-corrected chi connectivity index (χ3v) is 1.98. The highest BCUT2D eigenvalue weighted by Gasteiger charge is 2.00. The van der Waals surface area contributed by atoms with Gasteiger partial charge in [-0.1, -0.05) is 30.0 Å². The Labute approximate surface area is 90.3 Å². The zero-order valence-electron chi connectivity index (χ0n) is 8.77. The van der Waals surface area contributed by atoms with E-state index in [0.29, 0.717) is 12.8 Å². The lowest BCUT2D eigenvalue weighted by atomic mass is 10.2. The molecule has 1 aromatic rings. The summed E-state index contributed by atoms with van der Waals surface area (Å²) in [5, 5.41) is 0. The van der Waals surface area contributed by atoms with Gasteiger partial charge in [0, 0.05) is 19.1 Å². The SMILES string of the molecule is COC(C#Cc1ccccc1)CCC=O. The number of carbonyl (C=O) groups excluding carboxylic acids is 1. The Morgan fingerprint density at radius 1 is 1.40 bits per heavy atom. The second-order valence-corrected chi connectivity index (χ2v) is 3.10. The van der Waals surface area contributed by atoms with Crippen molar-refractivity contribution in [3.63, 3.8) is 0 Å². The molecule has 0 saturated carbocycles. The van der Waals surface area contributed by atoms with Crippen LogP contribution in [0.15, 0.2) is 30.3 Å². The number of hydrogen-bond donors (Lipinski definition) is 0. The van der Waals surface area contributed by atoms with Gasteiger partial charge in [-0.2, -0.15) is 0 Å². The van der Waals surface area contributed by atoms with E-state index >= 15 is 0 Å². The standard InChI is InChI=1S/C13H14O2/c1-15-13(8-5-11-14)10-9-12-6-3-2-4-7-12/h2-4,6-7,11,13H,5,8H2,1H3. The molecule has 1 aromatic carbocycles. The predicted molar refractivity (Wildman–Crippen MR) is 59.4 cm³/mol. The highest BCUT2D eigenvalue weighted by atomic mass is 16.5. The molecule has 1 atom stereocenters. The summed E-state index contributed by atoms with van der Waals surface area (Å²) in [5.74, 6) is 6.00. The first-order chi connectivity index (χ1) is 7.36. The van der Waals surface area contributed by atoms with Crippen LogP contribution in [0.1, 0.15) is 18.4 Å². The van der Waals surface area contributed by atoms with E-state index in [1.165, 1.54) is 0 Å². The number of benzene rings is 1. The molecule has 0 radical (unpaired) electrons. The van der Waals surface area contributed by atoms with Gasteiger partial charge < -0.3 is 9.53 Å². The van der Waals surface area contributed by atoms with Crippen LogP contribution in [0.5, 0.6) is 0 Å². The van der Waals surface area contributed by atoms with Crippen molar-refractivity contribution in [2.45, 2.75) is 18.9 Å². The Bertz CT molecular complexity index is 346. The molecule has 0 bridgehead atoms. The molecular weight excluding hydrogens is 188 g/mol. The van der Waals surface area contributed by atoms with Crippen LogP contribution in [0.3, 0.4) is 0 Å². The minimum atomic E-state index is -0.157. The van der Waals surface area contributed by atoms with Crippen LogP contribution in [0.25, 0.3) is 0 Å². The highest BCUT2D eigenvalue weighted by Crippen LogP contribution is 2.00. The maximum Gasteiger partial charge on any atom is 0.120 e. The number of methoxy groups -OCH3 is 1. The lowest BCUT2D eigenvalue weighted by molar-refractivity contribution is -0.108. The van der Waals surface area contributed by atoms with Gasteiger partial charge in [-0.3, -0.25) is 0 Å². The molecule has 0 aliphatic carbocycles. The summed E-state index contributed by atoms with van der Waals surface area (Å²) in [5.41, 5.74) is 0.964. The van der Waals surface area contributed by atoms with Crippen LogP contribution >= 0.6 is 0 Å². The second-order valence-electron chi connectivity index (χ2n) is 3.10. The molecule has 0 fully saturated rings. The molecule has 0 aliphatic heterocycles. The highest BCUT2D eigenvalue weighted by molar-refractivity contribution is 5.49. The molecule has 1 rings (SSSR count). The molecule has 78 valence electrons. The normalized spacial score (nSPS) is 11.3. The molecule has 2 nitrogen and oxygen atoms in total. The van der Waals surface area contributed by atoms with Gasteiger partial charge in [0.1, 0.15) is 12.4 Å². The van der Waals surface area contributed by atoms with Crippen LogP contribution in [0.2, 0.25) is 0 Å². The summed E-state index contributed by atoms with van der Waals surface area (Å²) in [6.07, 6.45) is 1.87. The van der Waals surface area contributed by atoms with Gasteiger partial charge in [-0.25, -0.2) is 0 Å². The third kappa shape index (κ3) is 4.44. The fourth-order valence-electron chi connectivity index (χ4n) is 1.15. The van der Waals surface area contributed by atoms with Gasteiger partial charge >= 0.3 is 0 Å². The molecule has 2 heteroatoms. The number of hydrogen-bond acceptors (Lipinski definition) is 2. The third-order valence-electron chi connectivity index (χ3n) is 1.98. The maximum atomic E-state index is 10.2. The minimum Gasteiger partial charge on any atom is -0.369 e. The van der Waals surface area contributed by atoms with Gasteiger partial charge in [-0.15, -0.1) is 0 Å². The van der Waals surface area contributed by atoms with Crippen LogP contribution in [-0.4, -0.2) is 19.5 Å². The summed E-state index contributed by atoms with van der Waals surface area (Å²) in [6, 6.07) is 9.72. The molecule has 0 N–H and O–H groups in total. The largest absolute Gasteiger partial charge is 0.369 e. The topological polar surface area (TPSA) is 26.3 Å². The molecule has 0 aromatic heterocycles. The molecule has 0 amide bonds. The zero-order chi connectivity index (χ0) is 10.9. The van der Waals surface area contributed by atoms with Crippen LogP contribution in [0.4, 0.5) is 0 Å². The molecule has 0 heterocycles. The van der Waals surface area contributed by atoms with E-state index in [2.05, 4.69) is 11.8 Å². The van der Waals surface area contributed by atoms with Crippen molar-refractivity contribution in [1.29, 1.82) is 0 Å². The van der Waals surface area contributed by atoms with Gasteiger partial charge in [0.2, 0.25) is 0 Å². The van der Waals surface area contributed by atoms with E-state index in [9.17, 15) is 4.79 Å².